The van der Waals surface area contributed by atoms with Gasteiger partial charge in [0.15, 0.2) is 0 Å². The van der Waals surface area contributed by atoms with Crippen LogP contribution >= 0.6 is 0 Å². The summed E-state index contributed by atoms with van der Waals surface area (Å²) in [6, 6.07) is 12.5. The molecule has 1 unspecified atom stereocenters. The Morgan fingerprint density at radius 3 is 2.38 bits per heavy atom. The molecule has 0 radical (unpaired) electrons. The predicted molar refractivity (Wildman–Crippen MR) is 102 cm³/mol. The van der Waals surface area contributed by atoms with E-state index in [4.69, 9.17) is 0 Å². The van der Waals surface area contributed by atoms with E-state index >= 15 is 0 Å². The first kappa shape index (κ1) is 19.5. The number of fused-ring (bicyclic) bond motifs is 1. The second-order valence-corrected chi connectivity index (χ2v) is 7.31. The van der Waals surface area contributed by atoms with Gasteiger partial charge in [-0.15, -0.1) is 0 Å². The Hall–Kier alpha value is -2.80. The third-order valence-corrected chi connectivity index (χ3v) is 5.28. The first-order valence-electron chi connectivity index (χ1n) is 9.28. The van der Waals surface area contributed by atoms with Gasteiger partial charge in [0, 0.05) is 30.4 Å². The molecule has 3 nitrogen and oxygen atoms in total. The predicted octanol–water partition coefficient (Wildman–Crippen LogP) is 5.27. The Kier molecular flexibility index (Phi) is 5.08. The number of hydrogen-bond acceptors (Lipinski definition) is 3. The zero-order valence-electron chi connectivity index (χ0n) is 15.7. The lowest BCUT2D eigenvalue weighted by atomic mass is 9.85. The number of alkyl halides is 3. The largest absolute Gasteiger partial charge is 0.451 e. The smallest absolute Gasteiger partial charge is 0.302 e. The topological polar surface area (TPSA) is 29.0 Å². The van der Waals surface area contributed by atoms with Crippen LogP contribution in [0.4, 0.5) is 17.6 Å². The molecule has 0 spiro atoms. The van der Waals surface area contributed by atoms with Gasteiger partial charge in [-0.25, -0.2) is 14.4 Å². The fraction of sp³-hybridized carbons (Fsp3) is 0.273. The zero-order chi connectivity index (χ0) is 20.6. The molecule has 0 fully saturated rings. The van der Waals surface area contributed by atoms with Crippen molar-refractivity contribution in [2.24, 2.45) is 0 Å². The Morgan fingerprint density at radius 2 is 1.69 bits per heavy atom. The number of halogens is 4. The summed E-state index contributed by atoms with van der Waals surface area (Å²) >= 11 is 0. The molecule has 1 atom stereocenters. The molecule has 2 aromatic carbocycles. The van der Waals surface area contributed by atoms with E-state index in [-0.39, 0.29) is 11.7 Å². The first-order chi connectivity index (χ1) is 13.8. The third-order valence-electron chi connectivity index (χ3n) is 5.28. The van der Waals surface area contributed by atoms with Crippen molar-refractivity contribution in [3.05, 3.63) is 83.2 Å². The maximum absolute atomic E-state index is 14.5. The highest BCUT2D eigenvalue weighted by molar-refractivity contribution is 5.64. The summed E-state index contributed by atoms with van der Waals surface area (Å²) in [5.74, 6) is -1.46. The third kappa shape index (κ3) is 4.00. The van der Waals surface area contributed by atoms with E-state index in [2.05, 4.69) is 14.9 Å². The molecule has 0 N–H and O–H groups in total. The van der Waals surface area contributed by atoms with Crippen molar-refractivity contribution >= 4 is 0 Å². The Morgan fingerprint density at radius 1 is 0.966 bits per heavy atom. The van der Waals surface area contributed by atoms with Gasteiger partial charge in [-0.05, 0) is 54.4 Å². The second-order valence-electron chi connectivity index (χ2n) is 7.31. The van der Waals surface area contributed by atoms with Crippen LogP contribution in [0.2, 0.25) is 0 Å². The van der Waals surface area contributed by atoms with Crippen LogP contribution < -0.4 is 0 Å². The fourth-order valence-corrected chi connectivity index (χ4v) is 3.84. The molecule has 4 rings (SSSR count). The highest BCUT2D eigenvalue weighted by atomic mass is 19.4. The molecule has 0 amide bonds. The van der Waals surface area contributed by atoms with E-state index < -0.39 is 12.0 Å². The molecule has 1 aliphatic heterocycles. The van der Waals surface area contributed by atoms with Gasteiger partial charge in [-0.3, -0.25) is 0 Å². The highest BCUT2D eigenvalue weighted by Gasteiger charge is 2.34. The Balaban J connectivity index is 1.74. The maximum Gasteiger partial charge on any atom is 0.451 e. The minimum atomic E-state index is -4.57. The molecular weight excluding hydrogens is 382 g/mol. The van der Waals surface area contributed by atoms with Crippen molar-refractivity contribution in [2.75, 3.05) is 13.6 Å². The van der Waals surface area contributed by atoms with E-state index in [1.165, 1.54) is 18.5 Å². The molecule has 0 saturated carbocycles. The summed E-state index contributed by atoms with van der Waals surface area (Å²) in [7, 11) is 2.00. The van der Waals surface area contributed by atoms with Crippen LogP contribution in [0.25, 0.3) is 11.1 Å². The average Bonchev–Trinajstić information content (AvgIpc) is 2.85. The van der Waals surface area contributed by atoms with Gasteiger partial charge >= 0.3 is 6.18 Å². The molecule has 2 heterocycles. The summed E-state index contributed by atoms with van der Waals surface area (Å²) in [4.78, 5) is 9.06. The quantitative estimate of drug-likeness (QED) is 0.548. The summed E-state index contributed by atoms with van der Waals surface area (Å²) < 4.78 is 52.6. The SMILES string of the molecule is CN1CCC(c2ccccc2F)c2ccc(-c3cnc(C(F)(F)F)nc3)cc2C1. The van der Waals surface area contributed by atoms with Crippen LogP contribution in [0.3, 0.4) is 0 Å². The van der Waals surface area contributed by atoms with E-state index in [1.54, 1.807) is 6.07 Å². The van der Waals surface area contributed by atoms with Gasteiger partial charge in [0.05, 0.1) is 0 Å². The first-order valence-corrected chi connectivity index (χ1v) is 9.28. The molecule has 1 aromatic heterocycles. The number of rotatable bonds is 2. The van der Waals surface area contributed by atoms with E-state index in [0.29, 0.717) is 17.7 Å². The Bertz CT molecular complexity index is 1020. The number of benzene rings is 2. The summed E-state index contributed by atoms with van der Waals surface area (Å²) in [5, 5.41) is 0. The van der Waals surface area contributed by atoms with Crippen LogP contribution in [-0.2, 0) is 12.7 Å². The van der Waals surface area contributed by atoms with Crippen molar-refractivity contribution in [1.82, 2.24) is 14.9 Å². The van der Waals surface area contributed by atoms with Crippen LogP contribution in [0.1, 0.15) is 34.9 Å². The molecule has 150 valence electrons. The van der Waals surface area contributed by atoms with Crippen molar-refractivity contribution in [3.63, 3.8) is 0 Å². The van der Waals surface area contributed by atoms with Crippen molar-refractivity contribution in [1.29, 1.82) is 0 Å². The van der Waals surface area contributed by atoms with Crippen LogP contribution in [0, 0.1) is 5.82 Å². The van der Waals surface area contributed by atoms with Gasteiger partial charge in [0.1, 0.15) is 5.82 Å². The van der Waals surface area contributed by atoms with Crippen molar-refractivity contribution in [3.8, 4) is 11.1 Å². The van der Waals surface area contributed by atoms with Gasteiger partial charge in [0.2, 0.25) is 5.82 Å². The molecule has 0 saturated heterocycles. The summed E-state index contributed by atoms with van der Waals surface area (Å²) in [6.45, 7) is 1.49. The van der Waals surface area contributed by atoms with Crippen molar-refractivity contribution in [2.45, 2.75) is 25.1 Å². The minimum Gasteiger partial charge on any atom is -0.302 e. The van der Waals surface area contributed by atoms with E-state index in [1.807, 2.05) is 37.4 Å². The van der Waals surface area contributed by atoms with Crippen LogP contribution in [0.5, 0.6) is 0 Å². The van der Waals surface area contributed by atoms with E-state index in [9.17, 15) is 17.6 Å². The molecule has 0 aliphatic carbocycles. The van der Waals surface area contributed by atoms with Crippen LogP contribution in [-0.4, -0.2) is 28.5 Å². The minimum absolute atomic E-state index is 0.0749. The molecular formula is C22H19F4N3. The highest BCUT2D eigenvalue weighted by Crippen LogP contribution is 2.37. The lowest BCUT2D eigenvalue weighted by Gasteiger charge is -2.19. The average molecular weight is 401 g/mol. The zero-order valence-corrected chi connectivity index (χ0v) is 15.7. The molecule has 7 heteroatoms. The summed E-state index contributed by atoms with van der Waals surface area (Å²) in [6.07, 6.45) is -1.41. The van der Waals surface area contributed by atoms with Crippen LogP contribution in [0.15, 0.2) is 54.9 Å². The maximum atomic E-state index is 14.5. The standard InChI is InChI=1S/C22H19F4N3/c1-29-9-8-18(19-4-2-3-5-20(19)23)17-7-6-14(10-15(17)13-29)16-11-27-21(28-12-16)22(24,25)26/h2-7,10-12,18H,8-9,13H2,1H3. The summed E-state index contributed by atoms with van der Waals surface area (Å²) in [5.41, 5.74) is 3.97. The molecule has 3 aromatic rings. The van der Waals surface area contributed by atoms with Gasteiger partial charge in [-0.1, -0.05) is 30.3 Å². The lowest BCUT2D eigenvalue weighted by molar-refractivity contribution is -0.144. The number of hydrogen-bond donors (Lipinski definition) is 0. The monoisotopic (exact) mass is 401 g/mol. The van der Waals surface area contributed by atoms with Gasteiger partial charge < -0.3 is 4.90 Å². The van der Waals surface area contributed by atoms with Gasteiger partial charge in [-0.2, -0.15) is 13.2 Å². The lowest BCUT2D eigenvalue weighted by Crippen LogP contribution is -2.17. The normalized spacial score (nSPS) is 17.6. The number of nitrogens with zero attached hydrogens (tertiary/aromatic N) is 3. The van der Waals surface area contributed by atoms with Gasteiger partial charge in [0.25, 0.3) is 0 Å². The molecule has 0 bridgehead atoms. The second kappa shape index (κ2) is 7.55. The van der Waals surface area contributed by atoms with Crippen molar-refractivity contribution < 1.29 is 17.6 Å². The Labute approximate surface area is 166 Å². The molecule has 29 heavy (non-hydrogen) atoms. The van der Waals surface area contributed by atoms with E-state index in [0.717, 1.165) is 29.7 Å². The molecule has 1 aliphatic rings. The fourth-order valence-electron chi connectivity index (χ4n) is 3.84. The number of aromatic nitrogens is 2.